The molecule has 2 N–H and O–H groups in total. The first kappa shape index (κ1) is 19.4. The van der Waals surface area contributed by atoms with Crippen molar-refractivity contribution in [3.05, 3.63) is 57.5 Å². The average molecular weight is 363 g/mol. The monoisotopic (exact) mass is 362 g/mol. The minimum absolute atomic E-state index is 0.162. The predicted molar refractivity (Wildman–Crippen MR) is 105 cm³/mol. The molecule has 2 rings (SSSR count). The summed E-state index contributed by atoms with van der Waals surface area (Å²) in [6.45, 7) is 4.20. The number of nitrogens with one attached hydrogen (secondary N) is 2. The summed E-state index contributed by atoms with van der Waals surface area (Å²) in [5, 5.41) is 8.74. The van der Waals surface area contributed by atoms with Gasteiger partial charge in [0.15, 0.2) is 5.96 Å². The second kappa shape index (κ2) is 9.53. The van der Waals surface area contributed by atoms with Crippen LogP contribution < -0.4 is 10.6 Å². The molecule has 25 heavy (non-hydrogen) atoms. The van der Waals surface area contributed by atoms with E-state index in [2.05, 4.69) is 40.1 Å². The van der Waals surface area contributed by atoms with Crippen LogP contribution in [0.15, 0.2) is 40.7 Å². The first-order valence-corrected chi connectivity index (χ1v) is 9.27. The van der Waals surface area contributed by atoms with E-state index in [1.54, 1.807) is 18.4 Å². The lowest BCUT2D eigenvalue weighted by Gasteiger charge is -2.16. The van der Waals surface area contributed by atoms with Crippen LogP contribution in [0.5, 0.6) is 0 Å². The third kappa shape index (κ3) is 6.14. The van der Waals surface area contributed by atoms with E-state index in [-0.39, 0.29) is 5.82 Å². The maximum atomic E-state index is 13.9. The van der Waals surface area contributed by atoms with Gasteiger partial charge in [-0.3, -0.25) is 4.99 Å². The van der Waals surface area contributed by atoms with Gasteiger partial charge in [0.2, 0.25) is 0 Å². The highest BCUT2D eigenvalue weighted by atomic mass is 32.1. The molecular weight excluding hydrogens is 335 g/mol. The maximum absolute atomic E-state index is 13.9. The van der Waals surface area contributed by atoms with Gasteiger partial charge in [0.05, 0.1) is 0 Å². The lowest BCUT2D eigenvalue weighted by atomic mass is 10.1. The molecule has 6 heteroatoms. The summed E-state index contributed by atoms with van der Waals surface area (Å²) < 4.78 is 13.9. The van der Waals surface area contributed by atoms with E-state index in [0.29, 0.717) is 24.6 Å². The lowest BCUT2D eigenvalue weighted by molar-refractivity contribution is 0.392. The maximum Gasteiger partial charge on any atom is 0.191 e. The molecule has 1 unspecified atom stereocenters. The number of thiophene rings is 1. The van der Waals surface area contributed by atoms with Crippen molar-refractivity contribution in [2.24, 2.45) is 4.99 Å². The SMILES string of the molecule is CN=C(NCc1ccc(F)c(CN(C)C)c1)NCC(C)c1cccs1. The van der Waals surface area contributed by atoms with Gasteiger partial charge >= 0.3 is 0 Å². The number of hydrogen-bond donors (Lipinski definition) is 2. The summed E-state index contributed by atoms with van der Waals surface area (Å²) in [6.07, 6.45) is 0. The van der Waals surface area contributed by atoms with Crippen molar-refractivity contribution >= 4 is 17.3 Å². The van der Waals surface area contributed by atoms with Gasteiger partial charge in [-0.25, -0.2) is 4.39 Å². The fourth-order valence-corrected chi connectivity index (χ4v) is 3.32. The number of rotatable bonds is 7. The Labute approximate surface area is 153 Å². The zero-order chi connectivity index (χ0) is 18.2. The molecule has 0 saturated heterocycles. The van der Waals surface area contributed by atoms with Crippen molar-refractivity contribution in [1.82, 2.24) is 15.5 Å². The van der Waals surface area contributed by atoms with Gasteiger partial charge in [0.25, 0.3) is 0 Å². The fraction of sp³-hybridized carbons (Fsp3) is 0.421. The van der Waals surface area contributed by atoms with Gasteiger partial charge < -0.3 is 15.5 Å². The highest BCUT2D eigenvalue weighted by Crippen LogP contribution is 2.19. The summed E-state index contributed by atoms with van der Waals surface area (Å²) in [7, 11) is 5.63. The zero-order valence-corrected chi connectivity index (χ0v) is 16.2. The first-order chi connectivity index (χ1) is 12.0. The Morgan fingerprint density at radius 2 is 2.08 bits per heavy atom. The summed E-state index contributed by atoms with van der Waals surface area (Å²) >= 11 is 1.77. The smallest absolute Gasteiger partial charge is 0.191 e. The molecule has 0 spiro atoms. The Morgan fingerprint density at radius 1 is 1.28 bits per heavy atom. The summed E-state index contributed by atoms with van der Waals surface area (Å²) in [5.41, 5.74) is 1.74. The van der Waals surface area contributed by atoms with Crippen LogP contribution in [0.3, 0.4) is 0 Å². The second-order valence-electron chi connectivity index (χ2n) is 6.39. The number of aliphatic imine (C=N–C) groups is 1. The minimum Gasteiger partial charge on any atom is -0.356 e. The van der Waals surface area contributed by atoms with Crippen LogP contribution in [0.25, 0.3) is 0 Å². The van der Waals surface area contributed by atoms with Gasteiger partial charge in [0.1, 0.15) is 5.82 Å². The summed E-state index contributed by atoms with van der Waals surface area (Å²) in [6, 6.07) is 9.47. The number of halogens is 1. The molecule has 0 bridgehead atoms. The molecule has 1 atom stereocenters. The van der Waals surface area contributed by atoms with Crippen LogP contribution in [0.1, 0.15) is 28.8 Å². The van der Waals surface area contributed by atoms with Crippen molar-refractivity contribution in [2.75, 3.05) is 27.7 Å². The van der Waals surface area contributed by atoms with E-state index < -0.39 is 0 Å². The fourth-order valence-electron chi connectivity index (χ4n) is 2.53. The Kier molecular flexibility index (Phi) is 7.40. The predicted octanol–water partition coefficient (Wildman–Crippen LogP) is 3.42. The quantitative estimate of drug-likeness (QED) is 0.586. The molecule has 0 radical (unpaired) electrons. The molecule has 0 aliphatic heterocycles. The van der Waals surface area contributed by atoms with Crippen LogP contribution in [-0.4, -0.2) is 38.5 Å². The largest absolute Gasteiger partial charge is 0.356 e. The second-order valence-corrected chi connectivity index (χ2v) is 7.37. The third-order valence-electron chi connectivity index (χ3n) is 3.88. The van der Waals surface area contributed by atoms with Gasteiger partial charge in [-0.1, -0.05) is 19.1 Å². The van der Waals surface area contributed by atoms with Crippen LogP contribution in [-0.2, 0) is 13.1 Å². The Bertz CT molecular complexity index is 683. The van der Waals surface area contributed by atoms with Crippen LogP contribution in [0.4, 0.5) is 4.39 Å². The highest BCUT2D eigenvalue weighted by Gasteiger charge is 2.08. The number of nitrogens with zero attached hydrogens (tertiary/aromatic N) is 2. The lowest BCUT2D eigenvalue weighted by Crippen LogP contribution is -2.38. The molecule has 0 saturated carbocycles. The van der Waals surface area contributed by atoms with Crippen molar-refractivity contribution in [1.29, 1.82) is 0 Å². The average Bonchev–Trinajstić information content (AvgIpc) is 3.11. The molecule has 136 valence electrons. The minimum atomic E-state index is -0.162. The molecular formula is C19H27FN4S. The number of guanidine groups is 1. The molecule has 0 aliphatic carbocycles. The van der Waals surface area contributed by atoms with Crippen molar-refractivity contribution < 1.29 is 4.39 Å². The Morgan fingerprint density at radius 3 is 2.72 bits per heavy atom. The molecule has 2 aromatic rings. The molecule has 4 nitrogen and oxygen atoms in total. The van der Waals surface area contributed by atoms with Crippen LogP contribution >= 0.6 is 11.3 Å². The van der Waals surface area contributed by atoms with Gasteiger partial charge in [0, 0.05) is 43.0 Å². The topological polar surface area (TPSA) is 39.7 Å². The van der Waals surface area contributed by atoms with E-state index in [0.717, 1.165) is 18.1 Å². The molecule has 1 aromatic heterocycles. The van der Waals surface area contributed by atoms with E-state index >= 15 is 0 Å². The van der Waals surface area contributed by atoms with Crippen molar-refractivity contribution in [3.8, 4) is 0 Å². The van der Waals surface area contributed by atoms with Crippen LogP contribution in [0.2, 0.25) is 0 Å². The van der Waals surface area contributed by atoms with Crippen molar-refractivity contribution in [2.45, 2.75) is 25.9 Å². The van der Waals surface area contributed by atoms with E-state index in [1.807, 2.05) is 31.1 Å². The number of hydrogen-bond acceptors (Lipinski definition) is 3. The molecule has 0 amide bonds. The first-order valence-electron chi connectivity index (χ1n) is 8.39. The van der Waals surface area contributed by atoms with Crippen molar-refractivity contribution in [3.63, 3.8) is 0 Å². The van der Waals surface area contributed by atoms with Gasteiger partial charge in [-0.2, -0.15) is 0 Å². The third-order valence-corrected chi connectivity index (χ3v) is 4.99. The Balaban J connectivity index is 1.88. The van der Waals surface area contributed by atoms with Crippen LogP contribution in [0, 0.1) is 5.82 Å². The van der Waals surface area contributed by atoms with Gasteiger partial charge in [-0.05, 0) is 43.2 Å². The normalized spacial score (nSPS) is 13.1. The highest BCUT2D eigenvalue weighted by molar-refractivity contribution is 7.10. The zero-order valence-electron chi connectivity index (χ0n) is 15.3. The summed E-state index contributed by atoms with van der Waals surface area (Å²) in [5.74, 6) is 1.02. The molecule has 1 heterocycles. The molecule has 0 aliphatic rings. The Hall–Kier alpha value is -1.92. The summed E-state index contributed by atoms with van der Waals surface area (Å²) in [4.78, 5) is 7.58. The standard InChI is InChI=1S/C19H27FN4S/c1-14(18-6-5-9-25-18)11-22-19(21-2)23-12-15-7-8-17(20)16(10-15)13-24(3)4/h5-10,14H,11-13H2,1-4H3,(H2,21,22,23). The van der Waals surface area contributed by atoms with Gasteiger partial charge in [-0.15, -0.1) is 11.3 Å². The number of benzene rings is 1. The van der Waals surface area contributed by atoms with E-state index in [4.69, 9.17) is 0 Å². The van der Waals surface area contributed by atoms with E-state index in [9.17, 15) is 4.39 Å². The molecule has 0 fully saturated rings. The molecule has 1 aromatic carbocycles. The van der Waals surface area contributed by atoms with E-state index in [1.165, 1.54) is 10.9 Å².